The van der Waals surface area contributed by atoms with Gasteiger partial charge in [-0.05, 0) is 25.7 Å². The zero-order valence-electron chi connectivity index (χ0n) is 7.47. The molecule has 0 aromatic carbocycles. The van der Waals surface area contributed by atoms with Crippen molar-refractivity contribution in [2.75, 3.05) is 6.61 Å². The van der Waals surface area contributed by atoms with Gasteiger partial charge in [0, 0.05) is 13.0 Å². The first-order valence-corrected chi connectivity index (χ1v) is 4.27. The van der Waals surface area contributed by atoms with Gasteiger partial charge in [0.1, 0.15) is 5.78 Å². The summed E-state index contributed by atoms with van der Waals surface area (Å²) in [6.45, 7) is 3.99. The molecule has 11 heavy (non-hydrogen) atoms. The van der Waals surface area contributed by atoms with Crippen LogP contribution in [0.1, 0.15) is 39.5 Å². The largest absolute Gasteiger partial charge is 0.396 e. The lowest BCUT2D eigenvalue weighted by molar-refractivity contribution is -0.117. The van der Waals surface area contributed by atoms with E-state index in [0.717, 1.165) is 19.3 Å². The van der Waals surface area contributed by atoms with Crippen LogP contribution < -0.4 is 0 Å². The van der Waals surface area contributed by atoms with Crippen molar-refractivity contribution in [2.45, 2.75) is 39.5 Å². The summed E-state index contributed by atoms with van der Waals surface area (Å²) in [5.41, 5.74) is 0. The monoisotopic (exact) mass is 158 g/mol. The molecule has 1 unspecified atom stereocenters. The first kappa shape index (κ1) is 10.6. The van der Waals surface area contributed by atoms with Crippen LogP contribution in [-0.2, 0) is 4.79 Å². The molecule has 1 N–H and O–H groups in total. The Bertz CT molecular complexity index is 110. The van der Waals surface area contributed by atoms with E-state index in [2.05, 4.69) is 6.92 Å². The molecule has 2 heteroatoms. The Balaban J connectivity index is 3.16. The zero-order valence-corrected chi connectivity index (χ0v) is 7.47. The number of carbonyl (C=O) groups excluding carboxylic acids is 1. The summed E-state index contributed by atoms with van der Waals surface area (Å²) in [4.78, 5) is 10.5. The quantitative estimate of drug-likeness (QED) is 0.639. The molecule has 0 aliphatic rings. The minimum atomic E-state index is 0.265. The molecule has 1 atom stereocenters. The summed E-state index contributed by atoms with van der Waals surface area (Å²) < 4.78 is 0. The SMILES string of the molecule is CC(=O)CCCC(C)CCO. The number of Topliss-reactive ketones (excluding diaryl/α,β-unsaturated/α-hetero) is 1. The van der Waals surface area contributed by atoms with Crippen LogP contribution in [0.3, 0.4) is 0 Å². The van der Waals surface area contributed by atoms with E-state index in [-0.39, 0.29) is 12.4 Å². The molecule has 0 heterocycles. The number of aliphatic hydroxyl groups is 1. The Morgan fingerprint density at radius 2 is 2.09 bits per heavy atom. The number of hydrogen-bond donors (Lipinski definition) is 1. The molecule has 0 bridgehead atoms. The van der Waals surface area contributed by atoms with Gasteiger partial charge in [0.15, 0.2) is 0 Å². The third kappa shape index (κ3) is 7.53. The summed E-state index contributed by atoms with van der Waals surface area (Å²) >= 11 is 0. The van der Waals surface area contributed by atoms with Crippen molar-refractivity contribution in [1.29, 1.82) is 0 Å². The number of carbonyl (C=O) groups is 1. The molecule has 2 nitrogen and oxygen atoms in total. The Hall–Kier alpha value is -0.370. The number of aliphatic hydroxyl groups excluding tert-OH is 1. The van der Waals surface area contributed by atoms with Gasteiger partial charge in [0.2, 0.25) is 0 Å². The van der Waals surface area contributed by atoms with Crippen molar-refractivity contribution < 1.29 is 9.90 Å². The maximum Gasteiger partial charge on any atom is 0.129 e. The van der Waals surface area contributed by atoms with Gasteiger partial charge < -0.3 is 9.90 Å². The molecular weight excluding hydrogens is 140 g/mol. The van der Waals surface area contributed by atoms with Crippen LogP contribution in [-0.4, -0.2) is 17.5 Å². The van der Waals surface area contributed by atoms with E-state index in [1.165, 1.54) is 0 Å². The van der Waals surface area contributed by atoms with Gasteiger partial charge in [-0.25, -0.2) is 0 Å². The molecule has 0 rings (SSSR count). The average Bonchev–Trinajstić information content (AvgIpc) is 1.87. The summed E-state index contributed by atoms with van der Waals surface area (Å²) in [6, 6.07) is 0. The Labute approximate surface area is 68.6 Å². The lowest BCUT2D eigenvalue weighted by atomic mass is 10.0. The van der Waals surface area contributed by atoms with Crippen LogP contribution in [0.25, 0.3) is 0 Å². The molecule has 0 saturated carbocycles. The minimum absolute atomic E-state index is 0.265. The zero-order chi connectivity index (χ0) is 8.69. The molecule has 0 saturated heterocycles. The second-order valence-corrected chi connectivity index (χ2v) is 3.21. The first-order chi connectivity index (χ1) is 5.16. The summed E-state index contributed by atoms with van der Waals surface area (Å²) in [7, 11) is 0. The highest BCUT2D eigenvalue weighted by atomic mass is 16.3. The normalized spacial score (nSPS) is 13.0. The van der Waals surface area contributed by atoms with E-state index >= 15 is 0 Å². The van der Waals surface area contributed by atoms with E-state index in [9.17, 15) is 4.79 Å². The first-order valence-electron chi connectivity index (χ1n) is 4.27. The van der Waals surface area contributed by atoms with Crippen molar-refractivity contribution in [3.05, 3.63) is 0 Å². The van der Waals surface area contributed by atoms with Crippen LogP contribution in [0.5, 0.6) is 0 Å². The average molecular weight is 158 g/mol. The molecular formula is C9H18O2. The summed E-state index contributed by atoms with van der Waals surface area (Å²) in [5, 5.41) is 8.58. The lowest BCUT2D eigenvalue weighted by Crippen LogP contribution is -1.99. The van der Waals surface area contributed by atoms with E-state index in [1.807, 2.05) is 0 Å². The standard InChI is InChI=1S/C9H18O2/c1-8(6-7-10)4-3-5-9(2)11/h8,10H,3-7H2,1-2H3. The Morgan fingerprint density at radius 3 is 2.55 bits per heavy atom. The van der Waals surface area contributed by atoms with Crippen LogP contribution in [0.4, 0.5) is 0 Å². The molecule has 0 aromatic rings. The highest BCUT2D eigenvalue weighted by Crippen LogP contribution is 2.10. The minimum Gasteiger partial charge on any atom is -0.396 e. The Kier molecular flexibility index (Phi) is 6.13. The van der Waals surface area contributed by atoms with Crippen LogP contribution >= 0.6 is 0 Å². The highest BCUT2D eigenvalue weighted by molar-refractivity contribution is 5.75. The van der Waals surface area contributed by atoms with E-state index in [4.69, 9.17) is 5.11 Å². The lowest BCUT2D eigenvalue weighted by Gasteiger charge is -2.07. The maximum absolute atomic E-state index is 10.5. The summed E-state index contributed by atoms with van der Waals surface area (Å²) in [6.07, 6.45) is 3.57. The number of hydrogen-bond acceptors (Lipinski definition) is 2. The van der Waals surface area contributed by atoms with Gasteiger partial charge in [-0.15, -0.1) is 0 Å². The van der Waals surface area contributed by atoms with Crippen LogP contribution in [0.2, 0.25) is 0 Å². The number of rotatable bonds is 6. The molecule has 0 amide bonds. The van der Waals surface area contributed by atoms with Crippen molar-refractivity contribution in [1.82, 2.24) is 0 Å². The van der Waals surface area contributed by atoms with E-state index < -0.39 is 0 Å². The topological polar surface area (TPSA) is 37.3 Å². The third-order valence-electron chi connectivity index (χ3n) is 1.85. The molecule has 0 aliphatic heterocycles. The van der Waals surface area contributed by atoms with Gasteiger partial charge in [-0.2, -0.15) is 0 Å². The maximum atomic E-state index is 10.5. The van der Waals surface area contributed by atoms with Gasteiger partial charge in [-0.1, -0.05) is 13.3 Å². The van der Waals surface area contributed by atoms with E-state index in [1.54, 1.807) is 6.92 Å². The highest BCUT2D eigenvalue weighted by Gasteiger charge is 2.01. The van der Waals surface area contributed by atoms with Gasteiger partial charge in [0.05, 0.1) is 0 Å². The molecule has 0 fully saturated rings. The predicted molar refractivity (Wildman–Crippen MR) is 45.4 cm³/mol. The van der Waals surface area contributed by atoms with Crippen molar-refractivity contribution >= 4 is 5.78 Å². The second-order valence-electron chi connectivity index (χ2n) is 3.21. The van der Waals surface area contributed by atoms with Crippen molar-refractivity contribution in [2.24, 2.45) is 5.92 Å². The van der Waals surface area contributed by atoms with Crippen molar-refractivity contribution in [3.63, 3.8) is 0 Å². The van der Waals surface area contributed by atoms with Gasteiger partial charge >= 0.3 is 0 Å². The van der Waals surface area contributed by atoms with Crippen LogP contribution in [0.15, 0.2) is 0 Å². The molecule has 0 aromatic heterocycles. The van der Waals surface area contributed by atoms with Gasteiger partial charge in [-0.3, -0.25) is 0 Å². The van der Waals surface area contributed by atoms with E-state index in [0.29, 0.717) is 12.3 Å². The smallest absolute Gasteiger partial charge is 0.129 e. The van der Waals surface area contributed by atoms with Crippen molar-refractivity contribution in [3.8, 4) is 0 Å². The fourth-order valence-electron chi connectivity index (χ4n) is 1.06. The fraction of sp³-hybridized carbons (Fsp3) is 0.889. The molecule has 66 valence electrons. The predicted octanol–water partition coefficient (Wildman–Crippen LogP) is 1.76. The molecule has 0 radical (unpaired) electrons. The Morgan fingerprint density at radius 1 is 1.45 bits per heavy atom. The fourth-order valence-corrected chi connectivity index (χ4v) is 1.06. The van der Waals surface area contributed by atoms with Crippen LogP contribution in [0, 0.1) is 5.92 Å². The number of ketones is 1. The summed E-state index contributed by atoms with van der Waals surface area (Å²) in [5.74, 6) is 0.820. The molecule has 0 aliphatic carbocycles. The second kappa shape index (κ2) is 6.35. The third-order valence-corrected chi connectivity index (χ3v) is 1.85. The van der Waals surface area contributed by atoms with Gasteiger partial charge in [0.25, 0.3) is 0 Å². The molecule has 0 spiro atoms.